The van der Waals surface area contributed by atoms with E-state index in [0.29, 0.717) is 12.5 Å². The maximum absolute atomic E-state index is 5.83. The molecule has 0 saturated carbocycles. The Kier molecular flexibility index (Phi) is 5.77. The fourth-order valence-corrected chi connectivity index (χ4v) is 2.03. The van der Waals surface area contributed by atoms with E-state index in [4.69, 9.17) is 21.1 Å². The minimum atomic E-state index is -0.148. The van der Waals surface area contributed by atoms with E-state index in [1.807, 2.05) is 32.0 Å². The van der Waals surface area contributed by atoms with Gasteiger partial charge in [-0.1, -0.05) is 15.9 Å². The van der Waals surface area contributed by atoms with Gasteiger partial charge in [0.15, 0.2) is 0 Å². The Labute approximate surface area is 116 Å². The standard InChI is InChI=1S/C13H18BrClO2/c1-13(2,16-3)6-7-17-11-4-5-12(14)10(8-11)9-15/h4-5,8H,6-7,9H2,1-3H3. The number of rotatable bonds is 6. The van der Waals surface area contributed by atoms with Gasteiger partial charge in [0, 0.05) is 23.9 Å². The highest BCUT2D eigenvalue weighted by Crippen LogP contribution is 2.24. The van der Waals surface area contributed by atoms with E-state index in [9.17, 15) is 0 Å². The van der Waals surface area contributed by atoms with Crippen molar-refractivity contribution in [1.82, 2.24) is 0 Å². The second-order valence-electron chi connectivity index (χ2n) is 4.45. The maximum atomic E-state index is 5.83. The molecule has 1 aromatic carbocycles. The molecule has 1 aromatic rings. The summed E-state index contributed by atoms with van der Waals surface area (Å²) in [7, 11) is 1.71. The van der Waals surface area contributed by atoms with Gasteiger partial charge in [0.2, 0.25) is 0 Å². The van der Waals surface area contributed by atoms with E-state index in [-0.39, 0.29) is 5.60 Å². The van der Waals surface area contributed by atoms with Gasteiger partial charge in [-0.15, -0.1) is 11.6 Å². The largest absolute Gasteiger partial charge is 0.493 e. The van der Waals surface area contributed by atoms with E-state index in [2.05, 4.69) is 15.9 Å². The van der Waals surface area contributed by atoms with Gasteiger partial charge in [-0.2, -0.15) is 0 Å². The van der Waals surface area contributed by atoms with Crippen LogP contribution < -0.4 is 4.74 Å². The molecular formula is C13H18BrClO2. The fraction of sp³-hybridized carbons (Fsp3) is 0.538. The zero-order valence-electron chi connectivity index (χ0n) is 10.4. The van der Waals surface area contributed by atoms with Gasteiger partial charge in [0.25, 0.3) is 0 Å². The summed E-state index contributed by atoms with van der Waals surface area (Å²) in [4.78, 5) is 0. The second-order valence-corrected chi connectivity index (χ2v) is 5.57. The van der Waals surface area contributed by atoms with Crippen molar-refractivity contribution in [3.05, 3.63) is 28.2 Å². The highest BCUT2D eigenvalue weighted by molar-refractivity contribution is 9.10. The fourth-order valence-electron chi connectivity index (χ4n) is 1.26. The van der Waals surface area contributed by atoms with E-state index in [0.717, 1.165) is 22.2 Å². The van der Waals surface area contributed by atoms with E-state index in [1.165, 1.54) is 0 Å². The molecule has 0 unspecified atom stereocenters. The third-order valence-electron chi connectivity index (χ3n) is 2.69. The third kappa shape index (κ3) is 4.86. The smallest absolute Gasteiger partial charge is 0.119 e. The molecule has 2 nitrogen and oxygen atoms in total. The number of alkyl halides is 1. The summed E-state index contributed by atoms with van der Waals surface area (Å²) in [6.07, 6.45) is 0.843. The van der Waals surface area contributed by atoms with Crippen LogP contribution in [0.3, 0.4) is 0 Å². The monoisotopic (exact) mass is 320 g/mol. The van der Waals surface area contributed by atoms with Gasteiger partial charge in [-0.05, 0) is 37.6 Å². The van der Waals surface area contributed by atoms with Crippen LogP contribution in [0.1, 0.15) is 25.8 Å². The summed E-state index contributed by atoms with van der Waals surface area (Å²) in [5.41, 5.74) is 0.889. The third-order valence-corrected chi connectivity index (χ3v) is 3.75. The van der Waals surface area contributed by atoms with Crippen LogP contribution in [0.15, 0.2) is 22.7 Å². The summed E-state index contributed by atoms with van der Waals surface area (Å²) in [6.45, 7) is 4.72. The van der Waals surface area contributed by atoms with Crippen LogP contribution in [-0.2, 0) is 10.6 Å². The normalized spacial score (nSPS) is 11.6. The summed E-state index contributed by atoms with van der Waals surface area (Å²) >= 11 is 9.27. The highest BCUT2D eigenvalue weighted by atomic mass is 79.9. The van der Waals surface area contributed by atoms with Gasteiger partial charge in [-0.25, -0.2) is 0 Å². The molecule has 0 aromatic heterocycles. The summed E-state index contributed by atoms with van der Waals surface area (Å²) in [5.74, 6) is 1.32. The van der Waals surface area contributed by atoms with Gasteiger partial charge in [0.1, 0.15) is 5.75 Å². The minimum absolute atomic E-state index is 0.148. The number of benzene rings is 1. The second kappa shape index (κ2) is 6.62. The quantitative estimate of drug-likeness (QED) is 0.724. The number of halogens is 2. The van der Waals surface area contributed by atoms with E-state index < -0.39 is 0 Å². The van der Waals surface area contributed by atoms with Crippen molar-refractivity contribution in [2.24, 2.45) is 0 Å². The lowest BCUT2D eigenvalue weighted by atomic mass is 10.1. The molecule has 0 saturated heterocycles. The molecule has 0 atom stereocenters. The molecule has 4 heteroatoms. The van der Waals surface area contributed by atoms with Crippen molar-refractivity contribution in [3.8, 4) is 5.75 Å². The van der Waals surface area contributed by atoms with Crippen LogP contribution in [0.2, 0.25) is 0 Å². The van der Waals surface area contributed by atoms with Crippen molar-refractivity contribution in [1.29, 1.82) is 0 Å². The zero-order chi connectivity index (χ0) is 12.9. The Balaban J connectivity index is 2.53. The van der Waals surface area contributed by atoms with Crippen LogP contribution in [0.4, 0.5) is 0 Å². The van der Waals surface area contributed by atoms with Crippen LogP contribution in [0.25, 0.3) is 0 Å². The SMILES string of the molecule is COC(C)(C)CCOc1ccc(Br)c(CCl)c1. The first-order valence-corrected chi connectivity index (χ1v) is 6.83. The van der Waals surface area contributed by atoms with E-state index in [1.54, 1.807) is 7.11 Å². The zero-order valence-corrected chi connectivity index (χ0v) is 12.8. The van der Waals surface area contributed by atoms with E-state index >= 15 is 0 Å². The van der Waals surface area contributed by atoms with Crippen LogP contribution in [0.5, 0.6) is 5.75 Å². The molecule has 0 aliphatic rings. The average molecular weight is 322 g/mol. The molecule has 17 heavy (non-hydrogen) atoms. The van der Waals surface area contributed by atoms with Crippen molar-refractivity contribution in [2.45, 2.75) is 31.7 Å². The summed E-state index contributed by atoms with van der Waals surface area (Å²) < 4.78 is 12.0. The van der Waals surface area contributed by atoms with Crippen molar-refractivity contribution < 1.29 is 9.47 Å². The molecule has 96 valence electrons. The number of hydrogen-bond donors (Lipinski definition) is 0. The molecule has 0 spiro atoms. The van der Waals surface area contributed by atoms with Crippen molar-refractivity contribution in [3.63, 3.8) is 0 Å². The molecular weight excluding hydrogens is 303 g/mol. The Hall–Kier alpha value is -0.250. The molecule has 1 rings (SSSR count). The van der Waals surface area contributed by atoms with Gasteiger partial charge in [-0.3, -0.25) is 0 Å². The van der Waals surface area contributed by atoms with Crippen molar-refractivity contribution >= 4 is 27.5 Å². The first-order valence-electron chi connectivity index (χ1n) is 5.51. The van der Waals surface area contributed by atoms with Gasteiger partial charge < -0.3 is 9.47 Å². The first-order chi connectivity index (χ1) is 7.98. The summed E-state index contributed by atoms with van der Waals surface area (Å²) in [5, 5.41) is 0. The molecule has 0 heterocycles. The Morgan fingerprint density at radius 3 is 2.65 bits per heavy atom. The van der Waals surface area contributed by atoms with Gasteiger partial charge in [0.05, 0.1) is 12.2 Å². The van der Waals surface area contributed by atoms with Crippen LogP contribution in [0, 0.1) is 0 Å². The van der Waals surface area contributed by atoms with Crippen LogP contribution in [-0.4, -0.2) is 19.3 Å². The maximum Gasteiger partial charge on any atom is 0.119 e. The topological polar surface area (TPSA) is 18.5 Å². The molecule has 0 bridgehead atoms. The highest BCUT2D eigenvalue weighted by Gasteiger charge is 2.16. The molecule has 0 N–H and O–H groups in total. The molecule has 0 fully saturated rings. The lowest BCUT2D eigenvalue weighted by molar-refractivity contribution is 0.00545. The Morgan fingerprint density at radius 1 is 1.35 bits per heavy atom. The molecule has 0 radical (unpaired) electrons. The number of methoxy groups -OCH3 is 1. The summed E-state index contributed by atoms with van der Waals surface area (Å²) in [6, 6.07) is 5.84. The van der Waals surface area contributed by atoms with Gasteiger partial charge >= 0.3 is 0 Å². The number of hydrogen-bond acceptors (Lipinski definition) is 2. The molecule has 0 amide bonds. The minimum Gasteiger partial charge on any atom is -0.493 e. The Bertz CT molecular complexity index is 366. The number of ether oxygens (including phenoxy) is 2. The predicted octanol–water partition coefficient (Wildman–Crippen LogP) is 4.38. The lowest BCUT2D eigenvalue weighted by Gasteiger charge is -2.22. The Morgan fingerprint density at radius 2 is 2.06 bits per heavy atom. The van der Waals surface area contributed by atoms with Crippen molar-refractivity contribution in [2.75, 3.05) is 13.7 Å². The predicted molar refractivity (Wildman–Crippen MR) is 74.9 cm³/mol. The molecule has 0 aliphatic heterocycles. The lowest BCUT2D eigenvalue weighted by Crippen LogP contribution is -2.25. The first kappa shape index (κ1) is 14.8. The average Bonchev–Trinajstić information content (AvgIpc) is 2.31. The molecule has 0 aliphatic carbocycles. The van der Waals surface area contributed by atoms with Crippen LogP contribution >= 0.6 is 27.5 Å².